The Morgan fingerprint density at radius 2 is 1.91 bits per heavy atom. The van der Waals surface area contributed by atoms with Crippen molar-refractivity contribution < 1.29 is 22.4 Å². The summed E-state index contributed by atoms with van der Waals surface area (Å²) < 4.78 is 38.3. The number of rotatable bonds is 10. The van der Waals surface area contributed by atoms with Crippen LogP contribution in [0.4, 0.5) is 5.13 Å². The molecule has 35 heavy (non-hydrogen) atoms. The average Bonchev–Trinajstić information content (AvgIpc) is 3.50. The van der Waals surface area contributed by atoms with Gasteiger partial charge in [-0.2, -0.15) is 4.31 Å². The van der Waals surface area contributed by atoms with Crippen molar-refractivity contribution in [3.05, 3.63) is 59.5 Å². The molecule has 184 valence electrons. The minimum Gasteiger partial charge on any atom is -0.497 e. The molecule has 0 unspecified atom stereocenters. The number of carbonyl (C=O) groups is 1. The van der Waals surface area contributed by atoms with E-state index in [1.54, 1.807) is 18.6 Å². The van der Waals surface area contributed by atoms with Crippen LogP contribution in [0, 0.1) is 0 Å². The monoisotopic (exact) mass is 513 g/mol. The number of hydrogen-bond donors (Lipinski definition) is 1. The molecule has 10 heteroatoms. The van der Waals surface area contributed by atoms with E-state index in [1.165, 1.54) is 39.9 Å². The van der Waals surface area contributed by atoms with Gasteiger partial charge in [-0.05, 0) is 48.9 Å². The van der Waals surface area contributed by atoms with Crippen LogP contribution in [0.2, 0.25) is 0 Å². The number of ether oxygens (including phenoxy) is 1. The topological polar surface area (TPSA) is 102 Å². The number of nitrogens with one attached hydrogen (secondary N) is 1. The number of anilines is 1. The molecule has 4 rings (SSSR count). The van der Waals surface area contributed by atoms with Crippen molar-refractivity contribution in [3.63, 3.8) is 0 Å². The van der Waals surface area contributed by atoms with Gasteiger partial charge in [-0.1, -0.05) is 20.3 Å². The molecule has 0 aliphatic carbocycles. The molecule has 1 amide bonds. The normalized spacial score (nSPS) is 11.8. The quantitative estimate of drug-likeness (QED) is 0.295. The van der Waals surface area contributed by atoms with Gasteiger partial charge in [0.2, 0.25) is 10.0 Å². The summed E-state index contributed by atoms with van der Waals surface area (Å²) >= 11 is 1.28. The van der Waals surface area contributed by atoms with Crippen LogP contribution in [0.3, 0.4) is 0 Å². The number of thiazole rings is 1. The van der Waals surface area contributed by atoms with E-state index < -0.39 is 10.0 Å². The average molecular weight is 514 g/mol. The van der Waals surface area contributed by atoms with Crippen LogP contribution >= 0.6 is 11.3 Å². The van der Waals surface area contributed by atoms with Crippen molar-refractivity contribution in [2.24, 2.45) is 0 Å². The number of hydrogen-bond acceptors (Lipinski definition) is 7. The molecule has 2 aromatic heterocycles. The minimum atomic E-state index is -3.59. The maximum atomic E-state index is 12.9. The van der Waals surface area contributed by atoms with Crippen molar-refractivity contribution >= 4 is 43.4 Å². The molecule has 8 nitrogen and oxygen atoms in total. The Kier molecular flexibility index (Phi) is 7.54. The summed E-state index contributed by atoms with van der Waals surface area (Å²) in [5.74, 6) is 0.914. The lowest BCUT2D eigenvalue weighted by Crippen LogP contribution is -2.31. The van der Waals surface area contributed by atoms with E-state index in [0.29, 0.717) is 46.6 Å². The lowest BCUT2D eigenvalue weighted by molar-refractivity contribution is 0.102. The molecule has 0 spiro atoms. The molecule has 4 aromatic rings. The zero-order chi connectivity index (χ0) is 25.0. The number of furan rings is 1. The Morgan fingerprint density at radius 1 is 1.14 bits per heavy atom. The molecule has 2 aromatic carbocycles. The summed E-state index contributed by atoms with van der Waals surface area (Å²) in [6.45, 7) is 4.71. The van der Waals surface area contributed by atoms with Crippen LogP contribution in [0.5, 0.6) is 5.75 Å². The zero-order valence-corrected chi connectivity index (χ0v) is 21.4. The first kappa shape index (κ1) is 24.9. The summed E-state index contributed by atoms with van der Waals surface area (Å²) in [5.41, 5.74) is 1.63. The lowest BCUT2D eigenvalue weighted by Gasteiger charge is -2.20. The van der Waals surface area contributed by atoms with Crippen LogP contribution in [0.25, 0.3) is 22.4 Å². The Bertz CT molecular complexity index is 1430. The van der Waals surface area contributed by atoms with E-state index in [0.717, 1.165) is 18.2 Å². The fraction of sp³-hybridized carbons (Fsp3) is 0.280. The maximum absolute atomic E-state index is 12.9. The molecular weight excluding hydrogens is 486 g/mol. The van der Waals surface area contributed by atoms with Crippen molar-refractivity contribution in [2.75, 3.05) is 25.5 Å². The summed E-state index contributed by atoms with van der Waals surface area (Å²) in [6.07, 6.45) is 1.71. The van der Waals surface area contributed by atoms with Crippen LogP contribution < -0.4 is 10.1 Å². The predicted molar refractivity (Wildman–Crippen MR) is 138 cm³/mol. The standard InChI is InChI=1S/C25H27N3O5S2/c1-4-6-13-28(5-2)35(30,31)20-11-8-17(9-12-20)24(29)27-25-26-21(16-34-25)23-14-18-7-10-19(32-3)15-22(18)33-23/h7-12,14-16H,4-6,13H2,1-3H3,(H,26,27,29). The third kappa shape index (κ3) is 5.39. The Morgan fingerprint density at radius 3 is 2.60 bits per heavy atom. The van der Waals surface area contributed by atoms with E-state index >= 15 is 0 Å². The molecule has 0 bridgehead atoms. The summed E-state index contributed by atoms with van der Waals surface area (Å²) in [5, 5.41) is 5.90. The van der Waals surface area contributed by atoms with Gasteiger partial charge in [0, 0.05) is 35.5 Å². The number of aromatic nitrogens is 1. The zero-order valence-electron chi connectivity index (χ0n) is 19.8. The van der Waals surface area contributed by atoms with Gasteiger partial charge in [0.1, 0.15) is 17.0 Å². The first-order valence-electron chi connectivity index (χ1n) is 11.3. The number of carbonyl (C=O) groups excluding carboxylic acids is 1. The predicted octanol–water partition coefficient (Wildman–Crippen LogP) is 5.63. The van der Waals surface area contributed by atoms with Gasteiger partial charge in [-0.15, -0.1) is 11.3 Å². The second kappa shape index (κ2) is 10.6. The number of methoxy groups -OCH3 is 1. The Hall–Kier alpha value is -3.21. The Labute approximate surface area is 208 Å². The summed E-state index contributed by atoms with van der Waals surface area (Å²) in [4.78, 5) is 17.4. The van der Waals surface area contributed by atoms with Crippen LogP contribution in [-0.2, 0) is 10.0 Å². The van der Waals surface area contributed by atoms with E-state index in [-0.39, 0.29) is 10.8 Å². The fourth-order valence-corrected chi connectivity index (χ4v) is 5.77. The highest BCUT2D eigenvalue weighted by Crippen LogP contribution is 2.32. The highest BCUT2D eigenvalue weighted by atomic mass is 32.2. The fourth-order valence-electron chi connectivity index (χ4n) is 3.59. The molecule has 0 atom stereocenters. The van der Waals surface area contributed by atoms with E-state index in [9.17, 15) is 13.2 Å². The van der Waals surface area contributed by atoms with Crippen molar-refractivity contribution in [1.82, 2.24) is 9.29 Å². The van der Waals surface area contributed by atoms with E-state index in [2.05, 4.69) is 10.3 Å². The van der Waals surface area contributed by atoms with Gasteiger partial charge in [0.25, 0.3) is 5.91 Å². The van der Waals surface area contributed by atoms with Gasteiger partial charge in [0.05, 0.1) is 12.0 Å². The minimum absolute atomic E-state index is 0.171. The molecule has 0 saturated heterocycles. The largest absolute Gasteiger partial charge is 0.497 e. The second-order valence-electron chi connectivity index (χ2n) is 7.88. The molecule has 2 heterocycles. The first-order chi connectivity index (χ1) is 16.8. The summed E-state index contributed by atoms with van der Waals surface area (Å²) in [7, 11) is -2.00. The molecule has 0 fully saturated rings. The van der Waals surface area contributed by atoms with Gasteiger partial charge in [0.15, 0.2) is 10.9 Å². The van der Waals surface area contributed by atoms with Gasteiger partial charge < -0.3 is 9.15 Å². The summed E-state index contributed by atoms with van der Waals surface area (Å²) in [6, 6.07) is 13.4. The van der Waals surface area contributed by atoms with Crippen molar-refractivity contribution in [1.29, 1.82) is 0 Å². The van der Waals surface area contributed by atoms with E-state index in [1.807, 2.05) is 32.0 Å². The molecule has 0 saturated carbocycles. The SMILES string of the molecule is CCCCN(CC)S(=O)(=O)c1ccc(C(=O)Nc2nc(-c3cc4ccc(OC)cc4o3)cs2)cc1. The number of unbranched alkanes of at least 4 members (excludes halogenated alkanes) is 1. The van der Waals surface area contributed by atoms with Gasteiger partial charge in [-0.25, -0.2) is 13.4 Å². The highest BCUT2D eigenvalue weighted by Gasteiger charge is 2.23. The molecule has 0 radical (unpaired) electrons. The molecule has 0 aliphatic rings. The third-order valence-electron chi connectivity index (χ3n) is 5.57. The number of benzene rings is 2. The molecular formula is C25H27N3O5S2. The number of fused-ring (bicyclic) bond motifs is 1. The number of nitrogens with zero attached hydrogens (tertiary/aromatic N) is 2. The van der Waals surface area contributed by atoms with Crippen molar-refractivity contribution in [3.8, 4) is 17.2 Å². The maximum Gasteiger partial charge on any atom is 0.257 e. The molecule has 1 N–H and O–H groups in total. The van der Waals surface area contributed by atoms with Gasteiger partial charge >= 0.3 is 0 Å². The first-order valence-corrected chi connectivity index (χ1v) is 13.6. The second-order valence-corrected chi connectivity index (χ2v) is 10.7. The number of amides is 1. The number of sulfonamides is 1. The van der Waals surface area contributed by atoms with E-state index in [4.69, 9.17) is 9.15 Å². The lowest BCUT2D eigenvalue weighted by atomic mass is 10.2. The third-order valence-corrected chi connectivity index (χ3v) is 8.32. The van der Waals surface area contributed by atoms with Crippen LogP contribution in [-0.4, -0.2) is 43.8 Å². The van der Waals surface area contributed by atoms with Gasteiger partial charge in [-0.3, -0.25) is 10.1 Å². The van der Waals surface area contributed by atoms with Crippen LogP contribution in [0.15, 0.2) is 63.2 Å². The van der Waals surface area contributed by atoms with Crippen LogP contribution in [0.1, 0.15) is 37.0 Å². The Balaban J connectivity index is 1.46. The smallest absolute Gasteiger partial charge is 0.257 e. The highest BCUT2D eigenvalue weighted by molar-refractivity contribution is 7.89. The molecule has 0 aliphatic heterocycles. The van der Waals surface area contributed by atoms with Crippen molar-refractivity contribution in [2.45, 2.75) is 31.6 Å².